The Labute approximate surface area is 166 Å². The molecule has 0 amide bonds. The molecule has 0 saturated carbocycles. The Balaban J connectivity index is 1.32. The summed E-state index contributed by atoms with van der Waals surface area (Å²) >= 11 is 0. The van der Waals surface area contributed by atoms with E-state index >= 15 is 0 Å². The normalized spacial score (nSPS) is 15.5. The van der Waals surface area contributed by atoms with E-state index in [0.717, 1.165) is 68.8 Å². The summed E-state index contributed by atoms with van der Waals surface area (Å²) in [7, 11) is 3.49. The molecule has 2 heterocycles. The van der Waals surface area contributed by atoms with Gasteiger partial charge in [0.2, 0.25) is 0 Å². The summed E-state index contributed by atoms with van der Waals surface area (Å²) in [5.41, 5.74) is 0.979. The molecule has 1 fully saturated rings. The molecule has 1 saturated heterocycles. The maximum atomic E-state index is 5.76. The van der Waals surface area contributed by atoms with Gasteiger partial charge in [-0.25, -0.2) is 0 Å². The van der Waals surface area contributed by atoms with Gasteiger partial charge in [0.1, 0.15) is 17.8 Å². The molecular formula is C20H29N5O3. The Kier molecular flexibility index (Phi) is 7.54. The molecule has 152 valence electrons. The van der Waals surface area contributed by atoms with Crippen LogP contribution in [0.3, 0.4) is 0 Å². The Morgan fingerprint density at radius 3 is 2.54 bits per heavy atom. The molecule has 1 aromatic carbocycles. The number of aromatic nitrogens is 1. The van der Waals surface area contributed by atoms with Crippen molar-refractivity contribution < 1.29 is 14.0 Å². The van der Waals surface area contributed by atoms with E-state index in [9.17, 15) is 0 Å². The SMILES string of the molecule is CN=C(NCCCOc1ccc(OC)cc1)N1CCN(Cc2ccon2)CC1. The van der Waals surface area contributed by atoms with Crippen LogP contribution in [0.25, 0.3) is 0 Å². The Bertz CT molecular complexity index is 710. The molecule has 2 aromatic rings. The number of nitrogens with zero attached hydrogens (tertiary/aromatic N) is 4. The molecule has 8 heteroatoms. The van der Waals surface area contributed by atoms with Crippen LogP contribution >= 0.6 is 0 Å². The lowest BCUT2D eigenvalue weighted by Gasteiger charge is -2.36. The van der Waals surface area contributed by atoms with E-state index in [4.69, 9.17) is 14.0 Å². The maximum absolute atomic E-state index is 5.76. The molecule has 0 bridgehead atoms. The number of guanidine groups is 1. The fourth-order valence-electron chi connectivity index (χ4n) is 3.13. The fraction of sp³-hybridized carbons (Fsp3) is 0.500. The average molecular weight is 387 g/mol. The summed E-state index contributed by atoms with van der Waals surface area (Å²) in [6.07, 6.45) is 2.52. The molecule has 1 N–H and O–H groups in total. The molecule has 0 atom stereocenters. The van der Waals surface area contributed by atoms with Crippen LogP contribution in [0, 0.1) is 0 Å². The van der Waals surface area contributed by atoms with Crippen molar-refractivity contribution in [3.8, 4) is 11.5 Å². The lowest BCUT2D eigenvalue weighted by atomic mass is 10.3. The third-order valence-electron chi connectivity index (χ3n) is 4.69. The van der Waals surface area contributed by atoms with Crippen molar-refractivity contribution in [2.24, 2.45) is 4.99 Å². The van der Waals surface area contributed by atoms with Crippen molar-refractivity contribution in [3.63, 3.8) is 0 Å². The van der Waals surface area contributed by atoms with Crippen molar-refractivity contribution in [2.75, 3.05) is 53.5 Å². The van der Waals surface area contributed by atoms with Crippen LogP contribution in [0.5, 0.6) is 11.5 Å². The molecule has 1 aliphatic heterocycles. The number of rotatable bonds is 8. The highest BCUT2D eigenvalue weighted by Gasteiger charge is 2.20. The first kappa shape index (κ1) is 20.0. The summed E-state index contributed by atoms with van der Waals surface area (Å²) in [6.45, 7) is 6.16. The van der Waals surface area contributed by atoms with Crippen LogP contribution in [0.1, 0.15) is 12.1 Å². The summed E-state index contributed by atoms with van der Waals surface area (Å²) in [5, 5.41) is 7.42. The second-order valence-electron chi connectivity index (χ2n) is 6.61. The van der Waals surface area contributed by atoms with E-state index in [1.807, 2.05) is 37.4 Å². The first-order valence-electron chi connectivity index (χ1n) is 9.62. The zero-order valence-electron chi connectivity index (χ0n) is 16.6. The van der Waals surface area contributed by atoms with Gasteiger partial charge >= 0.3 is 0 Å². The van der Waals surface area contributed by atoms with Crippen LogP contribution in [-0.2, 0) is 6.54 Å². The standard InChI is InChI=1S/C20H29N5O3/c1-21-20(22-9-3-14-27-19-6-4-18(26-2)5-7-19)25-12-10-24(11-13-25)16-17-8-15-28-23-17/h4-8,15H,3,9-14,16H2,1-2H3,(H,21,22). The second kappa shape index (κ2) is 10.6. The Morgan fingerprint density at radius 1 is 1.14 bits per heavy atom. The van der Waals surface area contributed by atoms with Crippen LogP contribution in [0.2, 0.25) is 0 Å². The van der Waals surface area contributed by atoms with Gasteiger partial charge in [0.05, 0.1) is 19.4 Å². The van der Waals surface area contributed by atoms with Crippen molar-refractivity contribution >= 4 is 5.96 Å². The number of hydrogen-bond acceptors (Lipinski definition) is 6. The van der Waals surface area contributed by atoms with Crippen LogP contribution in [-0.4, -0.2) is 74.4 Å². The molecule has 0 unspecified atom stereocenters. The van der Waals surface area contributed by atoms with Crippen molar-refractivity contribution in [3.05, 3.63) is 42.3 Å². The molecule has 3 rings (SSSR count). The minimum Gasteiger partial charge on any atom is -0.497 e. The largest absolute Gasteiger partial charge is 0.497 e. The first-order valence-corrected chi connectivity index (χ1v) is 9.62. The van der Waals surface area contributed by atoms with E-state index in [-0.39, 0.29) is 0 Å². The molecule has 0 aliphatic carbocycles. The van der Waals surface area contributed by atoms with Crippen LogP contribution in [0.4, 0.5) is 0 Å². The van der Waals surface area contributed by atoms with Crippen LogP contribution in [0.15, 0.2) is 46.1 Å². The zero-order chi connectivity index (χ0) is 19.6. The summed E-state index contributed by atoms with van der Waals surface area (Å²) in [5.74, 6) is 2.64. The summed E-state index contributed by atoms with van der Waals surface area (Å²) < 4.78 is 15.8. The zero-order valence-corrected chi connectivity index (χ0v) is 16.6. The van der Waals surface area contributed by atoms with Crippen LogP contribution < -0.4 is 14.8 Å². The van der Waals surface area contributed by atoms with Gasteiger partial charge in [0.15, 0.2) is 5.96 Å². The third-order valence-corrected chi connectivity index (χ3v) is 4.69. The molecule has 8 nitrogen and oxygen atoms in total. The average Bonchev–Trinajstić information content (AvgIpc) is 3.25. The number of methoxy groups -OCH3 is 1. The van der Waals surface area contributed by atoms with E-state index in [0.29, 0.717) is 6.61 Å². The smallest absolute Gasteiger partial charge is 0.193 e. The van der Waals surface area contributed by atoms with Gasteiger partial charge in [-0.3, -0.25) is 9.89 Å². The summed E-state index contributed by atoms with van der Waals surface area (Å²) in [6, 6.07) is 9.56. The Morgan fingerprint density at radius 2 is 1.89 bits per heavy atom. The highest BCUT2D eigenvalue weighted by molar-refractivity contribution is 5.79. The lowest BCUT2D eigenvalue weighted by molar-refractivity contribution is 0.169. The van der Waals surface area contributed by atoms with Gasteiger partial charge in [-0.2, -0.15) is 0 Å². The van der Waals surface area contributed by atoms with E-state index in [1.165, 1.54) is 0 Å². The predicted octanol–water partition coefficient (Wildman–Crippen LogP) is 1.85. The Hall–Kier alpha value is -2.74. The number of nitrogens with one attached hydrogen (secondary N) is 1. The first-order chi connectivity index (χ1) is 13.8. The van der Waals surface area contributed by atoms with Gasteiger partial charge in [-0.1, -0.05) is 5.16 Å². The number of hydrogen-bond donors (Lipinski definition) is 1. The number of aliphatic imine (C=N–C) groups is 1. The minimum absolute atomic E-state index is 0.655. The summed E-state index contributed by atoms with van der Waals surface area (Å²) in [4.78, 5) is 9.09. The molecule has 28 heavy (non-hydrogen) atoms. The number of piperazine rings is 1. The molecular weight excluding hydrogens is 358 g/mol. The molecule has 0 spiro atoms. The number of benzene rings is 1. The molecule has 1 aliphatic rings. The van der Waals surface area contributed by atoms with E-state index < -0.39 is 0 Å². The van der Waals surface area contributed by atoms with E-state index in [2.05, 4.69) is 25.3 Å². The van der Waals surface area contributed by atoms with Gasteiger partial charge < -0.3 is 24.2 Å². The monoisotopic (exact) mass is 387 g/mol. The lowest BCUT2D eigenvalue weighted by Crippen LogP contribution is -2.52. The second-order valence-corrected chi connectivity index (χ2v) is 6.61. The van der Waals surface area contributed by atoms with Gasteiger partial charge in [0.25, 0.3) is 0 Å². The van der Waals surface area contributed by atoms with Gasteiger partial charge in [0, 0.05) is 52.4 Å². The predicted molar refractivity (Wildman–Crippen MR) is 108 cm³/mol. The fourth-order valence-corrected chi connectivity index (χ4v) is 3.13. The van der Waals surface area contributed by atoms with E-state index in [1.54, 1.807) is 13.4 Å². The van der Waals surface area contributed by atoms with Crippen molar-refractivity contribution in [1.29, 1.82) is 0 Å². The van der Waals surface area contributed by atoms with Gasteiger partial charge in [-0.15, -0.1) is 0 Å². The third kappa shape index (κ3) is 5.88. The van der Waals surface area contributed by atoms with Crippen molar-refractivity contribution in [2.45, 2.75) is 13.0 Å². The van der Waals surface area contributed by atoms with Gasteiger partial charge in [-0.05, 0) is 30.7 Å². The minimum atomic E-state index is 0.655. The quantitative estimate of drug-likeness (QED) is 0.421. The number of ether oxygens (including phenoxy) is 2. The topological polar surface area (TPSA) is 75.4 Å². The molecule has 0 radical (unpaired) electrons. The maximum Gasteiger partial charge on any atom is 0.193 e. The highest BCUT2D eigenvalue weighted by atomic mass is 16.5. The molecule has 1 aromatic heterocycles. The highest BCUT2D eigenvalue weighted by Crippen LogP contribution is 2.17. The van der Waals surface area contributed by atoms with Crippen molar-refractivity contribution in [1.82, 2.24) is 20.3 Å².